The highest BCUT2D eigenvalue weighted by Crippen LogP contribution is 2.44. The van der Waals surface area contributed by atoms with Gasteiger partial charge >= 0.3 is 5.97 Å². The molecule has 0 radical (unpaired) electrons. The number of methoxy groups -OCH3 is 1. The van der Waals surface area contributed by atoms with E-state index in [-0.39, 0.29) is 18.3 Å². The van der Waals surface area contributed by atoms with E-state index in [4.69, 9.17) is 23.4 Å². The minimum Gasteiger partial charge on any atom is -0.496 e. The molecular weight excluding hydrogens is 340 g/mol. The standard InChI is InChI=1S/C19H12O7/c1-22-13-7-16-15(24-8-25-16)5-10(13)17-18(20)11-4-9-2-3-23-12(9)6-14(11)26-19(17)21/h2-7,17H,8H2,1H3/t17-/m0/s1. The zero-order chi connectivity index (χ0) is 17.8. The minimum atomic E-state index is -1.14. The Bertz CT molecular complexity index is 1080. The highest BCUT2D eigenvalue weighted by atomic mass is 16.7. The molecule has 3 aromatic rings. The number of carbonyl (C=O) groups excluding carboxylic acids is 2. The fourth-order valence-electron chi connectivity index (χ4n) is 3.31. The van der Waals surface area contributed by atoms with Gasteiger partial charge in [-0.1, -0.05) is 0 Å². The maximum Gasteiger partial charge on any atom is 0.326 e. The lowest BCUT2D eigenvalue weighted by molar-refractivity contribution is -0.135. The Balaban J connectivity index is 1.66. The van der Waals surface area contributed by atoms with E-state index < -0.39 is 11.9 Å². The van der Waals surface area contributed by atoms with Crippen LogP contribution in [0.15, 0.2) is 41.0 Å². The summed E-state index contributed by atoms with van der Waals surface area (Å²) < 4.78 is 26.8. The highest BCUT2D eigenvalue weighted by Gasteiger charge is 2.40. The van der Waals surface area contributed by atoms with Crippen LogP contribution in [0, 0.1) is 0 Å². The van der Waals surface area contributed by atoms with Crippen LogP contribution in [0.3, 0.4) is 0 Å². The summed E-state index contributed by atoms with van der Waals surface area (Å²) in [7, 11) is 1.46. The number of hydrogen-bond acceptors (Lipinski definition) is 7. The maximum absolute atomic E-state index is 13.1. The van der Waals surface area contributed by atoms with Gasteiger partial charge in [-0.3, -0.25) is 9.59 Å². The molecule has 0 N–H and O–H groups in total. The number of ketones is 1. The average molecular weight is 352 g/mol. The lowest BCUT2D eigenvalue weighted by atomic mass is 9.87. The Morgan fingerprint density at radius 3 is 2.65 bits per heavy atom. The minimum absolute atomic E-state index is 0.0757. The first kappa shape index (κ1) is 14.8. The largest absolute Gasteiger partial charge is 0.496 e. The fraction of sp³-hybridized carbons (Fsp3) is 0.158. The second kappa shape index (κ2) is 5.26. The summed E-state index contributed by atoms with van der Waals surface area (Å²) >= 11 is 0. The Morgan fingerprint density at radius 1 is 1.04 bits per heavy atom. The topological polar surface area (TPSA) is 84.2 Å². The molecule has 0 bridgehead atoms. The lowest BCUT2D eigenvalue weighted by Gasteiger charge is -2.23. The number of ether oxygens (including phenoxy) is 4. The van der Waals surface area contributed by atoms with Gasteiger partial charge in [0.15, 0.2) is 17.3 Å². The predicted molar refractivity (Wildman–Crippen MR) is 88.0 cm³/mol. The van der Waals surface area contributed by atoms with Gasteiger partial charge in [0.1, 0.15) is 23.0 Å². The first-order valence-corrected chi connectivity index (χ1v) is 7.90. The van der Waals surface area contributed by atoms with Crippen LogP contribution in [-0.4, -0.2) is 25.7 Å². The van der Waals surface area contributed by atoms with Crippen molar-refractivity contribution in [3.63, 3.8) is 0 Å². The lowest BCUT2D eigenvalue weighted by Crippen LogP contribution is -2.31. The van der Waals surface area contributed by atoms with Crippen molar-refractivity contribution in [1.29, 1.82) is 0 Å². The van der Waals surface area contributed by atoms with Gasteiger partial charge < -0.3 is 23.4 Å². The molecule has 2 aliphatic rings. The number of hydrogen-bond donors (Lipinski definition) is 0. The molecule has 2 aliphatic heterocycles. The van der Waals surface area contributed by atoms with Gasteiger partial charge in [-0.25, -0.2) is 0 Å². The van der Waals surface area contributed by atoms with Crippen LogP contribution >= 0.6 is 0 Å². The number of esters is 1. The second-order valence-electron chi connectivity index (χ2n) is 5.97. The quantitative estimate of drug-likeness (QED) is 0.398. The maximum atomic E-state index is 13.1. The average Bonchev–Trinajstić information content (AvgIpc) is 3.27. The van der Waals surface area contributed by atoms with Gasteiger partial charge in [0.25, 0.3) is 0 Å². The van der Waals surface area contributed by atoms with Crippen LogP contribution in [-0.2, 0) is 4.79 Å². The molecule has 0 saturated carbocycles. The van der Waals surface area contributed by atoms with Gasteiger partial charge in [-0.2, -0.15) is 0 Å². The van der Waals surface area contributed by atoms with E-state index in [1.54, 1.807) is 30.3 Å². The Kier molecular flexibility index (Phi) is 3.00. The summed E-state index contributed by atoms with van der Waals surface area (Å²) in [5.74, 6) is -0.672. The van der Waals surface area contributed by atoms with Crippen molar-refractivity contribution in [2.75, 3.05) is 13.9 Å². The van der Waals surface area contributed by atoms with Crippen molar-refractivity contribution >= 4 is 22.7 Å². The molecule has 0 fully saturated rings. The van der Waals surface area contributed by atoms with E-state index in [0.717, 1.165) is 5.39 Å². The summed E-state index contributed by atoms with van der Waals surface area (Å²) in [5, 5.41) is 0.756. The highest BCUT2D eigenvalue weighted by molar-refractivity contribution is 6.18. The SMILES string of the molecule is COc1cc2c(cc1[C@@H]1C(=O)Oc3cc4occc4cc3C1=O)OCO2. The summed E-state index contributed by atoms with van der Waals surface area (Å²) in [5.41, 5.74) is 1.25. The van der Waals surface area contributed by atoms with Crippen LogP contribution in [0.4, 0.5) is 0 Å². The van der Waals surface area contributed by atoms with Crippen molar-refractivity contribution in [1.82, 2.24) is 0 Å². The van der Waals surface area contributed by atoms with Crippen molar-refractivity contribution in [3.8, 4) is 23.0 Å². The van der Waals surface area contributed by atoms with Crippen LogP contribution in [0.25, 0.3) is 11.0 Å². The van der Waals surface area contributed by atoms with E-state index in [9.17, 15) is 9.59 Å². The molecule has 0 unspecified atom stereocenters. The normalized spacial score (nSPS) is 18.0. The zero-order valence-electron chi connectivity index (χ0n) is 13.6. The van der Waals surface area contributed by atoms with E-state index in [2.05, 4.69) is 0 Å². The Hall–Kier alpha value is -3.48. The van der Waals surface area contributed by atoms with Crippen LogP contribution in [0.1, 0.15) is 21.8 Å². The van der Waals surface area contributed by atoms with E-state index in [1.165, 1.54) is 13.4 Å². The fourth-order valence-corrected chi connectivity index (χ4v) is 3.31. The molecule has 3 heterocycles. The zero-order valence-corrected chi connectivity index (χ0v) is 13.6. The molecule has 7 heteroatoms. The number of fused-ring (bicyclic) bond motifs is 3. The third-order valence-corrected chi connectivity index (χ3v) is 4.56. The third-order valence-electron chi connectivity index (χ3n) is 4.56. The number of Topliss-reactive ketones (excluding diaryl/α,β-unsaturated/α-hetero) is 1. The third kappa shape index (κ3) is 2.00. The molecule has 0 aliphatic carbocycles. The van der Waals surface area contributed by atoms with Crippen molar-refractivity contribution in [3.05, 3.63) is 47.7 Å². The van der Waals surface area contributed by atoms with Gasteiger partial charge in [0, 0.05) is 23.1 Å². The smallest absolute Gasteiger partial charge is 0.326 e. The van der Waals surface area contributed by atoms with Crippen molar-refractivity contribution < 1.29 is 33.0 Å². The van der Waals surface area contributed by atoms with Crippen molar-refractivity contribution in [2.24, 2.45) is 0 Å². The van der Waals surface area contributed by atoms with E-state index in [1.807, 2.05) is 0 Å². The first-order chi connectivity index (χ1) is 12.7. The molecule has 0 saturated heterocycles. The molecule has 7 nitrogen and oxygen atoms in total. The molecule has 5 rings (SSSR count). The number of benzene rings is 2. The Morgan fingerprint density at radius 2 is 1.85 bits per heavy atom. The number of carbonyl (C=O) groups is 2. The van der Waals surface area contributed by atoms with Gasteiger partial charge in [-0.05, 0) is 18.2 Å². The summed E-state index contributed by atoms with van der Waals surface area (Å²) in [4.78, 5) is 25.7. The molecule has 26 heavy (non-hydrogen) atoms. The molecule has 0 spiro atoms. The number of furan rings is 1. The predicted octanol–water partition coefficient (Wildman–Crippen LogP) is 3.06. The number of rotatable bonds is 2. The molecule has 2 aromatic carbocycles. The Labute approximate surface area is 147 Å². The first-order valence-electron chi connectivity index (χ1n) is 7.90. The summed E-state index contributed by atoms with van der Waals surface area (Å²) in [6.45, 7) is 0.0757. The summed E-state index contributed by atoms with van der Waals surface area (Å²) in [6, 6.07) is 8.15. The van der Waals surface area contributed by atoms with Crippen LogP contribution < -0.4 is 18.9 Å². The molecule has 130 valence electrons. The molecule has 1 atom stereocenters. The van der Waals surface area contributed by atoms with Gasteiger partial charge in [0.2, 0.25) is 6.79 Å². The van der Waals surface area contributed by atoms with E-state index in [0.29, 0.717) is 34.0 Å². The molecule has 0 amide bonds. The molecular formula is C19H12O7. The molecule has 1 aromatic heterocycles. The summed E-state index contributed by atoms with van der Waals surface area (Å²) in [6.07, 6.45) is 1.51. The van der Waals surface area contributed by atoms with Crippen LogP contribution in [0.5, 0.6) is 23.0 Å². The second-order valence-corrected chi connectivity index (χ2v) is 5.97. The van der Waals surface area contributed by atoms with Crippen molar-refractivity contribution in [2.45, 2.75) is 5.92 Å². The van der Waals surface area contributed by atoms with Gasteiger partial charge in [0.05, 0.1) is 18.9 Å². The van der Waals surface area contributed by atoms with E-state index >= 15 is 0 Å². The monoisotopic (exact) mass is 352 g/mol. The van der Waals surface area contributed by atoms with Gasteiger partial charge in [-0.15, -0.1) is 0 Å². The van der Waals surface area contributed by atoms with Crippen LogP contribution in [0.2, 0.25) is 0 Å².